The standard InChI is InChI=1S/C17H27N3O.ClH/c1-4-13-6-5-7-14(10-13)19-16(21)11-20-9-8-15(18)17(2,3)12-20;/h5-7,10,15H,4,8-9,11-12,18H2,1-3H3,(H,19,21);1H. The van der Waals surface area contributed by atoms with Gasteiger partial charge in [-0.1, -0.05) is 32.9 Å². The highest BCUT2D eigenvalue weighted by Crippen LogP contribution is 2.27. The minimum absolute atomic E-state index is 0. The Hall–Kier alpha value is -1.10. The average molecular weight is 326 g/mol. The van der Waals surface area contributed by atoms with Crippen molar-refractivity contribution in [1.82, 2.24) is 4.90 Å². The molecule has 1 amide bonds. The van der Waals surface area contributed by atoms with Crippen LogP contribution in [0.1, 0.15) is 32.8 Å². The van der Waals surface area contributed by atoms with Crippen LogP contribution in [0.5, 0.6) is 0 Å². The Morgan fingerprint density at radius 2 is 2.18 bits per heavy atom. The van der Waals surface area contributed by atoms with E-state index in [9.17, 15) is 4.79 Å². The van der Waals surface area contributed by atoms with E-state index >= 15 is 0 Å². The van der Waals surface area contributed by atoms with E-state index in [1.165, 1.54) is 5.56 Å². The third-order valence-electron chi connectivity index (χ3n) is 4.38. The quantitative estimate of drug-likeness (QED) is 0.894. The van der Waals surface area contributed by atoms with E-state index in [0.29, 0.717) is 6.54 Å². The zero-order chi connectivity index (χ0) is 15.5. The lowest BCUT2D eigenvalue weighted by molar-refractivity contribution is -0.118. The van der Waals surface area contributed by atoms with Gasteiger partial charge >= 0.3 is 0 Å². The van der Waals surface area contributed by atoms with Crippen LogP contribution < -0.4 is 11.1 Å². The van der Waals surface area contributed by atoms with Crippen LogP contribution in [0.2, 0.25) is 0 Å². The molecule has 1 aromatic carbocycles. The Morgan fingerprint density at radius 3 is 2.82 bits per heavy atom. The number of nitrogens with two attached hydrogens (primary N) is 1. The number of benzene rings is 1. The van der Waals surface area contributed by atoms with Crippen molar-refractivity contribution < 1.29 is 4.79 Å². The first-order valence-corrected chi connectivity index (χ1v) is 7.77. The average Bonchev–Trinajstić information content (AvgIpc) is 2.42. The summed E-state index contributed by atoms with van der Waals surface area (Å²) in [4.78, 5) is 14.4. The molecule has 0 aliphatic carbocycles. The summed E-state index contributed by atoms with van der Waals surface area (Å²) < 4.78 is 0. The van der Waals surface area contributed by atoms with Gasteiger partial charge in [-0.25, -0.2) is 0 Å². The summed E-state index contributed by atoms with van der Waals surface area (Å²) in [5.74, 6) is 0.0505. The predicted octanol–water partition coefficient (Wildman–Crippen LogP) is 2.67. The molecule has 3 N–H and O–H groups in total. The molecule has 5 heteroatoms. The molecule has 1 unspecified atom stereocenters. The smallest absolute Gasteiger partial charge is 0.238 e. The monoisotopic (exact) mass is 325 g/mol. The van der Waals surface area contributed by atoms with Crippen LogP contribution in [0.3, 0.4) is 0 Å². The van der Waals surface area contributed by atoms with Gasteiger partial charge in [0.1, 0.15) is 0 Å². The molecule has 1 saturated heterocycles. The van der Waals surface area contributed by atoms with Crippen molar-refractivity contribution in [2.75, 3.05) is 25.0 Å². The van der Waals surface area contributed by atoms with Gasteiger partial charge < -0.3 is 11.1 Å². The van der Waals surface area contributed by atoms with E-state index in [1.807, 2.05) is 18.2 Å². The maximum atomic E-state index is 12.2. The van der Waals surface area contributed by atoms with E-state index < -0.39 is 0 Å². The van der Waals surface area contributed by atoms with Crippen LogP contribution in [0, 0.1) is 5.41 Å². The van der Waals surface area contributed by atoms with Gasteiger partial charge in [0.15, 0.2) is 0 Å². The van der Waals surface area contributed by atoms with Crippen LogP contribution in [0.4, 0.5) is 5.69 Å². The molecule has 0 radical (unpaired) electrons. The van der Waals surface area contributed by atoms with Crippen molar-refractivity contribution in [2.24, 2.45) is 11.1 Å². The van der Waals surface area contributed by atoms with E-state index in [4.69, 9.17) is 5.73 Å². The molecule has 0 bridgehead atoms. The molecule has 1 aromatic rings. The van der Waals surface area contributed by atoms with Gasteiger partial charge in [-0.05, 0) is 36.0 Å². The number of piperidine rings is 1. The molecule has 1 aliphatic heterocycles. The van der Waals surface area contributed by atoms with Crippen LogP contribution in [0.25, 0.3) is 0 Å². The minimum atomic E-state index is 0. The summed E-state index contributed by atoms with van der Waals surface area (Å²) in [5, 5.41) is 2.99. The second kappa shape index (κ2) is 7.95. The molecule has 1 fully saturated rings. The largest absolute Gasteiger partial charge is 0.327 e. The highest BCUT2D eigenvalue weighted by molar-refractivity contribution is 5.92. The number of aryl methyl sites for hydroxylation is 1. The summed E-state index contributed by atoms with van der Waals surface area (Å²) in [6.07, 6.45) is 1.92. The molecule has 4 nitrogen and oxygen atoms in total. The van der Waals surface area contributed by atoms with E-state index in [-0.39, 0.29) is 29.8 Å². The van der Waals surface area contributed by atoms with Crippen molar-refractivity contribution in [3.63, 3.8) is 0 Å². The first-order chi connectivity index (χ1) is 9.90. The molecule has 1 aliphatic rings. The third kappa shape index (κ3) is 4.97. The maximum absolute atomic E-state index is 12.2. The van der Waals surface area contributed by atoms with Gasteiger partial charge in [0.2, 0.25) is 5.91 Å². The van der Waals surface area contributed by atoms with Gasteiger partial charge in [0, 0.05) is 24.8 Å². The number of rotatable bonds is 4. The zero-order valence-corrected chi connectivity index (χ0v) is 14.6. The third-order valence-corrected chi connectivity index (χ3v) is 4.38. The number of nitrogens with zero attached hydrogens (tertiary/aromatic N) is 1. The van der Waals surface area contributed by atoms with Crippen molar-refractivity contribution in [3.05, 3.63) is 29.8 Å². The summed E-state index contributed by atoms with van der Waals surface area (Å²) in [7, 11) is 0. The van der Waals surface area contributed by atoms with E-state index in [1.54, 1.807) is 0 Å². The van der Waals surface area contributed by atoms with Crippen molar-refractivity contribution >= 4 is 24.0 Å². The number of amides is 1. The highest BCUT2D eigenvalue weighted by atomic mass is 35.5. The first kappa shape index (κ1) is 18.9. The Balaban J connectivity index is 0.00000242. The molecule has 1 heterocycles. The second-order valence-electron chi connectivity index (χ2n) is 6.70. The van der Waals surface area contributed by atoms with Crippen molar-refractivity contribution in [1.29, 1.82) is 0 Å². The number of likely N-dealkylation sites (tertiary alicyclic amines) is 1. The van der Waals surface area contributed by atoms with Gasteiger partial charge in [-0.3, -0.25) is 9.69 Å². The fraction of sp³-hybridized carbons (Fsp3) is 0.588. The number of hydrogen-bond acceptors (Lipinski definition) is 3. The molecule has 124 valence electrons. The number of nitrogens with one attached hydrogen (secondary N) is 1. The van der Waals surface area contributed by atoms with Crippen LogP contribution in [0.15, 0.2) is 24.3 Å². The van der Waals surface area contributed by atoms with E-state index in [2.05, 4.69) is 37.1 Å². The summed E-state index contributed by atoms with van der Waals surface area (Å²) >= 11 is 0. The van der Waals surface area contributed by atoms with Gasteiger partial charge in [-0.2, -0.15) is 0 Å². The van der Waals surface area contributed by atoms with Gasteiger partial charge in [-0.15, -0.1) is 12.4 Å². The molecule has 0 aromatic heterocycles. The van der Waals surface area contributed by atoms with Crippen LogP contribution >= 0.6 is 12.4 Å². The fourth-order valence-corrected chi connectivity index (χ4v) is 2.89. The minimum Gasteiger partial charge on any atom is -0.327 e. The first-order valence-electron chi connectivity index (χ1n) is 7.77. The molecule has 0 saturated carbocycles. The number of halogens is 1. The summed E-state index contributed by atoms with van der Waals surface area (Å²) in [6, 6.07) is 8.25. The van der Waals surface area contributed by atoms with Crippen LogP contribution in [-0.2, 0) is 11.2 Å². The molecule has 1 atom stereocenters. The van der Waals surface area contributed by atoms with Crippen molar-refractivity contribution in [2.45, 2.75) is 39.7 Å². The lowest BCUT2D eigenvalue weighted by Crippen LogP contribution is -2.53. The van der Waals surface area contributed by atoms with Gasteiger partial charge in [0.25, 0.3) is 0 Å². The maximum Gasteiger partial charge on any atom is 0.238 e. The lowest BCUT2D eigenvalue weighted by atomic mass is 9.80. The fourth-order valence-electron chi connectivity index (χ4n) is 2.89. The summed E-state index contributed by atoms with van der Waals surface area (Å²) in [5.41, 5.74) is 8.32. The predicted molar refractivity (Wildman–Crippen MR) is 94.5 cm³/mol. The normalized spacial score (nSPS) is 21.0. The Bertz CT molecular complexity index is 504. The molecular weight excluding hydrogens is 298 g/mol. The Kier molecular flexibility index (Phi) is 6.85. The summed E-state index contributed by atoms with van der Waals surface area (Å²) in [6.45, 7) is 8.66. The topological polar surface area (TPSA) is 58.4 Å². The van der Waals surface area contributed by atoms with Crippen molar-refractivity contribution in [3.8, 4) is 0 Å². The number of hydrogen-bond donors (Lipinski definition) is 2. The van der Waals surface area contributed by atoms with Crippen LogP contribution in [-0.4, -0.2) is 36.5 Å². The molecule has 22 heavy (non-hydrogen) atoms. The Labute approximate surface area is 139 Å². The number of carbonyl (C=O) groups is 1. The van der Waals surface area contributed by atoms with E-state index in [0.717, 1.165) is 31.6 Å². The lowest BCUT2D eigenvalue weighted by Gasteiger charge is -2.42. The highest BCUT2D eigenvalue weighted by Gasteiger charge is 2.33. The SMILES string of the molecule is CCc1cccc(NC(=O)CN2CCC(N)C(C)(C)C2)c1.Cl. The number of carbonyl (C=O) groups excluding carboxylic acids is 1. The Morgan fingerprint density at radius 1 is 1.45 bits per heavy atom. The molecular formula is C17H28ClN3O. The van der Waals surface area contributed by atoms with Gasteiger partial charge in [0.05, 0.1) is 6.54 Å². The number of anilines is 1. The second-order valence-corrected chi connectivity index (χ2v) is 6.70. The molecule has 0 spiro atoms. The zero-order valence-electron chi connectivity index (χ0n) is 13.8. The molecule has 2 rings (SSSR count).